The zero-order valence-corrected chi connectivity index (χ0v) is 9.43. The normalized spacial score (nSPS) is 20.0. The fourth-order valence-electron chi connectivity index (χ4n) is 1.73. The van der Waals surface area contributed by atoms with E-state index in [1.807, 2.05) is 0 Å². The molecule has 0 aromatic rings. The van der Waals surface area contributed by atoms with Crippen LogP contribution in [0.3, 0.4) is 0 Å². The van der Waals surface area contributed by atoms with Crippen molar-refractivity contribution in [1.29, 1.82) is 0 Å². The molecule has 0 bridgehead atoms. The number of nitrogens with two attached hydrogens (primary N) is 1. The molecule has 7 heteroatoms. The Bertz CT molecular complexity index is 252. The van der Waals surface area contributed by atoms with Crippen molar-refractivity contribution in [1.82, 2.24) is 5.32 Å². The Kier molecular flexibility index (Phi) is 5.20. The predicted molar refractivity (Wildman–Crippen MR) is 55.2 cm³/mol. The molecule has 3 N–H and O–H groups in total. The Morgan fingerprint density at radius 1 is 1.41 bits per heavy atom. The smallest absolute Gasteiger partial charge is 0.381 e. The quantitative estimate of drug-likeness (QED) is 0.780. The highest BCUT2D eigenvalue weighted by Gasteiger charge is 2.29. The van der Waals surface area contributed by atoms with Gasteiger partial charge in [0, 0.05) is 19.8 Å². The van der Waals surface area contributed by atoms with Crippen molar-refractivity contribution in [2.24, 2.45) is 11.7 Å². The summed E-state index contributed by atoms with van der Waals surface area (Å²) in [5.74, 6) is -0.518. The van der Waals surface area contributed by atoms with Crippen molar-refractivity contribution in [3.05, 3.63) is 0 Å². The van der Waals surface area contributed by atoms with Gasteiger partial charge in [0.2, 0.25) is 5.91 Å². The number of rotatable bonds is 4. The lowest BCUT2D eigenvalue weighted by atomic mass is 9.92. The molecule has 1 unspecified atom stereocenters. The Morgan fingerprint density at radius 2 is 2.00 bits per heavy atom. The van der Waals surface area contributed by atoms with Gasteiger partial charge in [-0.25, -0.2) is 0 Å². The molecule has 1 amide bonds. The van der Waals surface area contributed by atoms with Gasteiger partial charge in [-0.1, -0.05) is 0 Å². The highest BCUT2D eigenvalue weighted by atomic mass is 19.4. The van der Waals surface area contributed by atoms with Crippen LogP contribution in [0, 0.1) is 5.92 Å². The molecule has 0 aromatic carbocycles. The molecule has 0 aromatic heterocycles. The van der Waals surface area contributed by atoms with Crippen molar-refractivity contribution >= 4 is 5.91 Å². The number of carbonyl (C=O) groups is 1. The summed E-state index contributed by atoms with van der Waals surface area (Å²) in [6.07, 6.45) is -3.93. The monoisotopic (exact) mass is 254 g/mol. The van der Waals surface area contributed by atoms with Gasteiger partial charge in [0.05, 0.1) is 12.5 Å². The minimum atomic E-state index is -4.25. The number of carbonyl (C=O) groups excluding carboxylic acids is 1. The molecule has 1 aliphatic rings. The Morgan fingerprint density at radius 3 is 2.53 bits per heavy atom. The van der Waals surface area contributed by atoms with E-state index in [2.05, 4.69) is 5.32 Å². The minimum absolute atomic E-state index is 0.00497. The van der Waals surface area contributed by atoms with Gasteiger partial charge in [0.15, 0.2) is 0 Å². The molecule has 0 spiro atoms. The molecule has 0 radical (unpaired) electrons. The summed E-state index contributed by atoms with van der Waals surface area (Å²) in [5, 5.41) is 2.21. The zero-order valence-electron chi connectivity index (χ0n) is 9.43. The number of halogens is 3. The van der Waals surface area contributed by atoms with Crippen molar-refractivity contribution in [2.75, 3.05) is 19.8 Å². The van der Waals surface area contributed by atoms with Gasteiger partial charge in [0.1, 0.15) is 0 Å². The third-order valence-corrected chi connectivity index (χ3v) is 2.78. The van der Waals surface area contributed by atoms with Gasteiger partial charge in [-0.3, -0.25) is 4.79 Å². The highest BCUT2D eigenvalue weighted by Crippen LogP contribution is 2.19. The van der Waals surface area contributed by atoms with E-state index in [1.54, 1.807) is 0 Å². The van der Waals surface area contributed by atoms with E-state index in [-0.39, 0.29) is 5.92 Å². The molecule has 1 rings (SSSR count). The first-order valence-electron chi connectivity index (χ1n) is 5.58. The van der Waals surface area contributed by atoms with Crippen LogP contribution in [0.4, 0.5) is 13.2 Å². The van der Waals surface area contributed by atoms with Gasteiger partial charge < -0.3 is 15.8 Å². The second-order valence-electron chi connectivity index (χ2n) is 4.13. The average molecular weight is 254 g/mol. The molecular formula is C10H17F3N2O2. The number of amides is 1. The molecule has 100 valence electrons. The molecule has 0 saturated carbocycles. The van der Waals surface area contributed by atoms with Gasteiger partial charge in [-0.05, 0) is 18.8 Å². The fourth-order valence-corrected chi connectivity index (χ4v) is 1.73. The Hall–Kier alpha value is -0.820. The van der Waals surface area contributed by atoms with Crippen LogP contribution in [0.15, 0.2) is 0 Å². The maximum atomic E-state index is 11.9. The van der Waals surface area contributed by atoms with Crippen molar-refractivity contribution < 1.29 is 22.7 Å². The number of alkyl halides is 3. The van der Waals surface area contributed by atoms with Gasteiger partial charge in [0.25, 0.3) is 0 Å². The van der Waals surface area contributed by atoms with Crippen LogP contribution in [0.1, 0.15) is 19.3 Å². The highest BCUT2D eigenvalue weighted by molar-refractivity contribution is 5.81. The fraction of sp³-hybridized carbons (Fsp3) is 0.900. The lowest BCUT2D eigenvalue weighted by Gasteiger charge is -2.26. The summed E-state index contributed by atoms with van der Waals surface area (Å²) in [4.78, 5) is 11.5. The summed E-state index contributed by atoms with van der Waals surface area (Å²) in [7, 11) is 0. The molecule has 1 atom stereocenters. The number of hydrogen-bond acceptors (Lipinski definition) is 3. The van der Waals surface area contributed by atoms with E-state index in [4.69, 9.17) is 10.5 Å². The van der Waals surface area contributed by atoms with Crippen LogP contribution in [-0.4, -0.2) is 37.9 Å². The van der Waals surface area contributed by atoms with Crippen LogP contribution >= 0.6 is 0 Å². The first-order valence-corrected chi connectivity index (χ1v) is 5.58. The molecule has 4 nitrogen and oxygen atoms in total. The standard InChI is InChI=1S/C10H17F3N2O2/c11-10(12,13)3-4-15-9(16)8(14)7-1-5-17-6-2-7/h7-8H,1-6,14H2,(H,15,16). The lowest BCUT2D eigenvalue weighted by Crippen LogP contribution is -2.47. The van der Waals surface area contributed by atoms with E-state index in [0.29, 0.717) is 26.1 Å². The van der Waals surface area contributed by atoms with E-state index in [9.17, 15) is 18.0 Å². The van der Waals surface area contributed by atoms with Crippen LogP contribution in [0.2, 0.25) is 0 Å². The van der Waals surface area contributed by atoms with E-state index in [0.717, 1.165) is 0 Å². The third kappa shape index (κ3) is 5.36. The number of ether oxygens (including phenoxy) is 1. The summed E-state index contributed by atoms with van der Waals surface area (Å²) in [6, 6.07) is -0.743. The molecule has 1 aliphatic heterocycles. The summed E-state index contributed by atoms with van der Waals surface area (Å²) < 4.78 is 40.7. The summed E-state index contributed by atoms with van der Waals surface area (Å²) in [6.45, 7) is 0.682. The first-order chi connectivity index (χ1) is 7.90. The van der Waals surface area contributed by atoms with Crippen molar-refractivity contribution in [2.45, 2.75) is 31.5 Å². The molecule has 17 heavy (non-hydrogen) atoms. The third-order valence-electron chi connectivity index (χ3n) is 2.78. The van der Waals surface area contributed by atoms with Gasteiger partial charge in [-0.2, -0.15) is 13.2 Å². The second-order valence-corrected chi connectivity index (χ2v) is 4.13. The Labute approximate surface area is 97.7 Å². The number of nitrogens with one attached hydrogen (secondary N) is 1. The SMILES string of the molecule is NC(C(=O)NCCC(F)(F)F)C1CCOCC1. The topological polar surface area (TPSA) is 64.4 Å². The molecular weight excluding hydrogens is 237 g/mol. The predicted octanol–water partition coefficient (Wildman–Crippen LogP) is 0.809. The average Bonchev–Trinajstić information content (AvgIpc) is 2.27. The Balaban J connectivity index is 2.26. The largest absolute Gasteiger partial charge is 0.390 e. The summed E-state index contributed by atoms with van der Waals surface area (Å²) in [5.41, 5.74) is 5.69. The van der Waals surface area contributed by atoms with Gasteiger partial charge >= 0.3 is 6.18 Å². The van der Waals surface area contributed by atoms with Crippen molar-refractivity contribution in [3.8, 4) is 0 Å². The first kappa shape index (κ1) is 14.2. The van der Waals surface area contributed by atoms with E-state index < -0.39 is 31.1 Å². The van der Waals surface area contributed by atoms with E-state index in [1.165, 1.54) is 0 Å². The van der Waals surface area contributed by atoms with Crippen LogP contribution in [-0.2, 0) is 9.53 Å². The maximum Gasteiger partial charge on any atom is 0.390 e. The minimum Gasteiger partial charge on any atom is -0.381 e. The molecule has 1 saturated heterocycles. The molecule has 1 fully saturated rings. The number of hydrogen-bond donors (Lipinski definition) is 2. The van der Waals surface area contributed by atoms with Gasteiger partial charge in [-0.15, -0.1) is 0 Å². The summed E-state index contributed by atoms with van der Waals surface area (Å²) >= 11 is 0. The molecule has 0 aliphatic carbocycles. The van der Waals surface area contributed by atoms with Crippen LogP contribution in [0.25, 0.3) is 0 Å². The molecule has 1 heterocycles. The lowest BCUT2D eigenvalue weighted by molar-refractivity contribution is -0.136. The van der Waals surface area contributed by atoms with E-state index >= 15 is 0 Å². The van der Waals surface area contributed by atoms with Crippen molar-refractivity contribution in [3.63, 3.8) is 0 Å². The van der Waals surface area contributed by atoms with Crippen LogP contribution in [0.5, 0.6) is 0 Å². The van der Waals surface area contributed by atoms with Crippen LogP contribution < -0.4 is 11.1 Å². The maximum absolute atomic E-state index is 11.9. The second kappa shape index (κ2) is 6.20. The zero-order chi connectivity index (χ0) is 12.9.